The molecule has 0 aromatic carbocycles. The minimum Gasteiger partial charge on any atom is -0.379 e. The summed E-state index contributed by atoms with van der Waals surface area (Å²) >= 11 is 3.47. The summed E-state index contributed by atoms with van der Waals surface area (Å²) in [7, 11) is 3.84. The van der Waals surface area contributed by atoms with Crippen LogP contribution in [-0.2, 0) is 4.74 Å². The summed E-state index contributed by atoms with van der Waals surface area (Å²) in [5, 5.41) is 2.94. The normalized spacial score (nSPS) is 19.8. The van der Waals surface area contributed by atoms with Gasteiger partial charge in [0.2, 0.25) is 5.95 Å². The van der Waals surface area contributed by atoms with Crippen LogP contribution < -0.4 is 10.2 Å². The third-order valence-electron chi connectivity index (χ3n) is 2.74. The molecule has 1 aliphatic heterocycles. The van der Waals surface area contributed by atoms with E-state index >= 15 is 0 Å². The summed E-state index contributed by atoms with van der Waals surface area (Å²) in [4.78, 5) is 10.7. The molecule has 6 heteroatoms. The zero-order chi connectivity index (χ0) is 11.5. The van der Waals surface area contributed by atoms with Crippen molar-refractivity contribution in [1.82, 2.24) is 9.97 Å². The summed E-state index contributed by atoms with van der Waals surface area (Å²) in [6.07, 6.45) is 2.81. The molecule has 1 atom stereocenters. The Balaban J connectivity index is 2.23. The Morgan fingerprint density at radius 1 is 1.62 bits per heavy atom. The highest BCUT2D eigenvalue weighted by Gasteiger charge is 2.23. The number of likely N-dealkylation sites (N-methyl/N-ethyl adjacent to an activating group) is 1. The second kappa shape index (κ2) is 4.97. The summed E-state index contributed by atoms with van der Waals surface area (Å²) in [5.41, 5.74) is 0. The van der Waals surface area contributed by atoms with E-state index in [4.69, 9.17) is 4.74 Å². The van der Waals surface area contributed by atoms with E-state index in [1.807, 2.05) is 14.1 Å². The fourth-order valence-electron chi connectivity index (χ4n) is 1.73. The first-order chi connectivity index (χ1) is 7.72. The number of nitrogens with one attached hydrogen (secondary N) is 1. The van der Waals surface area contributed by atoms with Gasteiger partial charge in [0.25, 0.3) is 0 Å². The summed E-state index contributed by atoms with van der Waals surface area (Å²) in [6, 6.07) is 0.399. The lowest BCUT2D eigenvalue weighted by molar-refractivity contribution is 0.193. The highest BCUT2D eigenvalue weighted by atomic mass is 79.9. The first-order valence-electron chi connectivity index (χ1n) is 5.23. The third kappa shape index (κ3) is 2.27. The van der Waals surface area contributed by atoms with Gasteiger partial charge in [-0.3, -0.25) is 0 Å². The second-order valence-corrected chi connectivity index (χ2v) is 4.60. The van der Waals surface area contributed by atoms with E-state index in [0.29, 0.717) is 12.0 Å². The van der Waals surface area contributed by atoms with Gasteiger partial charge in [0.15, 0.2) is 0 Å². The van der Waals surface area contributed by atoms with Crippen molar-refractivity contribution in [3.05, 3.63) is 10.7 Å². The van der Waals surface area contributed by atoms with E-state index in [9.17, 15) is 0 Å². The van der Waals surface area contributed by atoms with Gasteiger partial charge in [-0.25, -0.2) is 4.98 Å². The Bertz CT molecular complexity index is 368. The van der Waals surface area contributed by atoms with Gasteiger partial charge in [-0.05, 0) is 22.4 Å². The maximum Gasteiger partial charge on any atom is 0.224 e. The minimum absolute atomic E-state index is 0.399. The molecule has 5 nitrogen and oxygen atoms in total. The van der Waals surface area contributed by atoms with Gasteiger partial charge in [0.05, 0.1) is 17.1 Å². The molecule has 1 aromatic heterocycles. The Morgan fingerprint density at radius 2 is 2.44 bits per heavy atom. The van der Waals surface area contributed by atoms with Crippen molar-refractivity contribution in [2.24, 2.45) is 0 Å². The number of rotatable bonds is 3. The number of anilines is 2. The molecular formula is C10H15BrN4O. The smallest absolute Gasteiger partial charge is 0.224 e. The predicted molar refractivity (Wildman–Crippen MR) is 66.9 cm³/mol. The van der Waals surface area contributed by atoms with E-state index in [0.717, 1.165) is 29.9 Å². The lowest BCUT2D eigenvalue weighted by Gasteiger charge is -2.25. The quantitative estimate of drug-likeness (QED) is 0.913. The molecule has 1 saturated heterocycles. The van der Waals surface area contributed by atoms with Crippen molar-refractivity contribution in [1.29, 1.82) is 0 Å². The molecule has 0 bridgehead atoms. The number of nitrogens with zero attached hydrogens (tertiary/aromatic N) is 3. The van der Waals surface area contributed by atoms with Crippen molar-refractivity contribution >= 4 is 27.7 Å². The molecule has 1 fully saturated rings. The summed E-state index contributed by atoms with van der Waals surface area (Å²) < 4.78 is 6.28. The van der Waals surface area contributed by atoms with Crippen molar-refractivity contribution in [3.8, 4) is 0 Å². The average molecular weight is 287 g/mol. The molecule has 16 heavy (non-hydrogen) atoms. The van der Waals surface area contributed by atoms with E-state index in [1.165, 1.54) is 0 Å². The molecule has 0 saturated carbocycles. The molecule has 0 radical (unpaired) electrons. The fraction of sp³-hybridized carbons (Fsp3) is 0.600. The minimum atomic E-state index is 0.399. The van der Waals surface area contributed by atoms with Crippen LogP contribution in [0, 0.1) is 0 Å². The van der Waals surface area contributed by atoms with Crippen LogP contribution in [0.2, 0.25) is 0 Å². The standard InChI is InChI=1S/C10H15BrN4O/c1-12-10-13-5-8(11)9(14-10)15(2)7-3-4-16-6-7/h5,7H,3-4,6H2,1-2H3,(H,12,13,14). The van der Waals surface area contributed by atoms with Crippen LogP contribution in [0.4, 0.5) is 11.8 Å². The van der Waals surface area contributed by atoms with Crippen LogP contribution in [0.1, 0.15) is 6.42 Å². The molecule has 0 spiro atoms. The first kappa shape index (κ1) is 11.6. The van der Waals surface area contributed by atoms with Gasteiger partial charge in [-0.1, -0.05) is 0 Å². The molecule has 1 aromatic rings. The largest absolute Gasteiger partial charge is 0.379 e. The lowest BCUT2D eigenvalue weighted by atomic mass is 10.2. The van der Waals surface area contributed by atoms with Gasteiger partial charge in [-0.15, -0.1) is 0 Å². The van der Waals surface area contributed by atoms with Crippen LogP contribution in [0.25, 0.3) is 0 Å². The third-order valence-corrected chi connectivity index (χ3v) is 3.30. The maximum atomic E-state index is 5.38. The van der Waals surface area contributed by atoms with Crippen LogP contribution in [-0.4, -0.2) is 43.3 Å². The van der Waals surface area contributed by atoms with Crippen LogP contribution in [0.3, 0.4) is 0 Å². The number of hydrogen-bond donors (Lipinski definition) is 1. The Labute approximate surface area is 103 Å². The van der Waals surface area contributed by atoms with Gasteiger partial charge >= 0.3 is 0 Å². The molecule has 2 heterocycles. The van der Waals surface area contributed by atoms with E-state index in [1.54, 1.807) is 6.20 Å². The van der Waals surface area contributed by atoms with Crippen LogP contribution in [0.15, 0.2) is 10.7 Å². The van der Waals surface area contributed by atoms with Gasteiger partial charge in [-0.2, -0.15) is 4.98 Å². The Kier molecular flexibility index (Phi) is 3.60. The first-order valence-corrected chi connectivity index (χ1v) is 6.02. The highest BCUT2D eigenvalue weighted by molar-refractivity contribution is 9.10. The predicted octanol–water partition coefficient (Wildman–Crippen LogP) is 1.51. The number of aromatic nitrogens is 2. The molecule has 0 aliphatic carbocycles. The van der Waals surface area contributed by atoms with Gasteiger partial charge in [0, 0.05) is 26.9 Å². The summed E-state index contributed by atoms with van der Waals surface area (Å²) in [5.74, 6) is 1.53. The Hall–Kier alpha value is -0.880. The van der Waals surface area contributed by atoms with Crippen molar-refractivity contribution in [2.75, 3.05) is 37.5 Å². The molecule has 1 aliphatic rings. The van der Waals surface area contributed by atoms with Crippen LogP contribution in [0.5, 0.6) is 0 Å². The van der Waals surface area contributed by atoms with Crippen molar-refractivity contribution in [3.63, 3.8) is 0 Å². The van der Waals surface area contributed by atoms with Gasteiger partial charge < -0.3 is 15.0 Å². The SMILES string of the molecule is CNc1ncc(Br)c(N(C)C2CCOC2)n1. The molecule has 1 unspecified atom stereocenters. The molecule has 1 N–H and O–H groups in total. The topological polar surface area (TPSA) is 50.3 Å². The van der Waals surface area contributed by atoms with E-state index in [-0.39, 0.29) is 0 Å². The molecule has 2 rings (SSSR count). The van der Waals surface area contributed by atoms with Crippen molar-refractivity contribution in [2.45, 2.75) is 12.5 Å². The van der Waals surface area contributed by atoms with E-state index in [2.05, 4.69) is 36.1 Å². The highest BCUT2D eigenvalue weighted by Crippen LogP contribution is 2.26. The number of ether oxygens (including phenoxy) is 1. The van der Waals surface area contributed by atoms with E-state index < -0.39 is 0 Å². The zero-order valence-electron chi connectivity index (χ0n) is 9.40. The monoisotopic (exact) mass is 286 g/mol. The Morgan fingerprint density at radius 3 is 3.06 bits per heavy atom. The van der Waals surface area contributed by atoms with Crippen molar-refractivity contribution < 1.29 is 4.74 Å². The lowest BCUT2D eigenvalue weighted by Crippen LogP contribution is -2.32. The number of hydrogen-bond acceptors (Lipinski definition) is 5. The fourth-order valence-corrected chi connectivity index (χ4v) is 2.20. The maximum absolute atomic E-state index is 5.38. The zero-order valence-corrected chi connectivity index (χ0v) is 11.0. The van der Waals surface area contributed by atoms with Crippen LogP contribution >= 0.6 is 15.9 Å². The summed E-state index contributed by atoms with van der Waals surface area (Å²) in [6.45, 7) is 1.60. The molecular weight excluding hydrogens is 272 g/mol. The number of halogens is 1. The van der Waals surface area contributed by atoms with Gasteiger partial charge in [0.1, 0.15) is 5.82 Å². The molecule has 0 amide bonds. The average Bonchev–Trinajstić information content (AvgIpc) is 2.82. The second-order valence-electron chi connectivity index (χ2n) is 3.74. The molecule has 88 valence electrons.